The highest BCUT2D eigenvalue weighted by Gasteiger charge is 2.17. The first-order chi connectivity index (χ1) is 16.7. The average Bonchev–Trinajstić information content (AvgIpc) is 3.36. The first-order valence-electron chi connectivity index (χ1n) is 10.9. The summed E-state index contributed by atoms with van der Waals surface area (Å²) >= 11 is 6.38. The molecule has 1 aliphatic heterocycles. The van der Waals surface area contributed by atoms with Crippen molar-refractivity contribution in [3.8, 4) is 5.69 Å². The molecule has 0 spiro atoms. The maximum atomic E-state index is 13.4. The number of nitrogens with zero attached hydrogens (tertiary/aromatic N) is 7. The van der Waals surface area contributed by atoms with Crippen LogP contribution in [-0.2, 0) is 0 Å². The molecule has 4 aromatic heterocycles. The molecule has 5 aromatic rings. The largest absolute Gasteiger partial charge is 0.354 e. The van der Waals surface area contributed by atoms with Crippen LogP contribution in [0, 0.1) is 0 Å². The van der Waals surface area contributed by atoms with Crippen LogP contribution in [0.1, 0.15) is 0 Å². The van der Waals surface area contributed by atoms with Crippen LogP contribution < -0.4 is 21.1 Å². The van der Waals surface area contributed by atoms with Crippen molar-refractivity contribution in [2.45, 2.75) is 0 Å². The molecule has 0 atom stereocenters. The summed E-state index contributed by atoms with van der Waals surface area (Å²) in [5.74, 6) is 1.71. The van der Waals surface area contributed by atoms with Gasteiger partial charge in [-0.25, -0.2) is 19.5 Å². The summed E-state index contributed by atoms with van der Waals surface area (Å²) in [6.07, 6.45) is 6.65. The summed E-state index contributed by atoms with van der Waals surface area (Å²) < 4.78 is 3.22. The SMILES string of the molecule is O=c1c2cnc(Nc3ccc(N4CCNCC4)nc3)nc2n2ccnc2n1-c1ccccc1Cl. The normalized spacial score (nSPS) is 14.1. The molecule has 1 saturated heterocycles. The summed E-state index contributed by atoms with van der Waals surface area (Å²) in [5, 5.41) is 7.32. The third-order valence-electron chi connectivity index (χ3n) is 5.79. The molecule has 1 fully saturated rings. The molecule has 2 N–H and O–H groups in total. The minimum atomic E-state index is -0.296. The Labute approximate surface area is 198 Å². The van der Waals surface area contributed by atoms with Gasteiger partial charge < -0.3 is 15.5 Å². The Balaban J connectivity index is 1.38. The van der Waals surface area contributed by atoms with Gasteiger partial charge >= 0.3 is 0 Å². The van der Waals surface area contributed by atoms with E-state index in [4.69, 9.17) is 11.6 Å². The smallest absolute Gasteiger partial charge is 0.270 e. The zero-order chi connectivity index (χ0) is 23.1. The summed E-state index contributed by atoms with van der Waals surface area (Å²) in [6.45, 7) is 3.77. The lowest BCUT2D eigenvalue weighted by Gasteiger charge is -2.28. The molecule has 0 unspecified atom stereocenters. The van der Waals surface area contributed by atoms with Gasteiger partial charge in [0.05, 0.1) is 22.6 Å². The molecule has 170 valence electrons. The molecule has 6 rings (SSSR count). The van der Waals surface area contributed by atoms with Crippen LogP contribution in [0.4, 0.5) is 17.5 Å². The standard InChI is InChI=1S/C23H20ClN9O/c24-17-3-1-2-4-18(17)33-21(34)16-14-28-22(30-20(16)32-12-9-26-23(32)33)29-15-5-6-19(27-13-15)31-10-7-25-8-11-31/h1-6,9,12-14,25H,7-8,10-11H2,(H,28,29,30). The molecule has 5 heterocycles. The highest BCUT2D eigenvalue weighted by molar-refractivity contribution is 6.32. The minimum absolute atomic E-state index is 0.296. The Morgan fingerprint density at radius 3 is 2.65 bits per heavy atom. The maximum Gasteiger partial charge on any atom is 0.270 e. The van der Waals surface area contributed by atoms with E-state index in [2.05, 4.69) is 35.5 Å². The quantitative estimate of drug-likeness (QED) is 0.410. The van der Waals surface area contributed by atoms with Gasteiger partial charge in [-0.05, 0) is 24.3 Å². The summed E-state index contributed by atoms with van der Waals surface area (Å²) in [5.41, 5.74) is 1.45. The Morgan fingerprint density at radius 1 is 1.00 bits per heavy atom. The van der Waals surface area contributed by atoms with Gasteiger partial charge in [0.2, 0.25) is 11.7 Å². The number of piperazine rings is 1. The van der Waals surface area contributed by atoms with Crippen molar-refractivity contribution in [2.24, 2.45) is 0 Å². The minimum Gasteiger partial charge on any atom is -0.354 e. The van der Waals surface area contributed by atoms with E-state index in [1.807, 2.05) is 24.3 Å². The number of para-hydroxylation sites is 1. The topological polar surface area (TPSA) is 105 Å². The van der Waals surface area contributed by atoms with Crippen molar-refractivity contribution in [1.29, 1.82) is 0 Å². The third kappa shape index (κ3) is 3.53. The van der Waals surface area contributed by atoms with Gasteiger partial charge in [-0.3, -0.25) is 9.20 Å². The number of imidazole rings is 1. The number of hydrogen-bond donors (Lipinski definition) is 2. The van der Waals surface area contributed by atoms with Crippen molar-refractivity contribution >= 4 is 45.9 Å². The number of pyridine rings is 1. The lowest BCUT2D eigenvalue weighted by molar-refractivity contribution is 0.585. The van der Waals surface area contributed by atoms with E-state index in [9.17, 15) is 4.79 Å². The summed E-state index contributed by atoms with van der Waals surface area (Å²) in [4.78, 5) is 33.6. The molecule has 10 nitrogen and oxygen atoms in total. The van der Waals surface area contributed by atoms with Crippen molar-refractivity contribution < 1.29 is 0 Å². The Morgan fingerprint density at radius 2 is 1.85 bits per heavy atom. The van der Waals surface area contributed by atoms with E-state index in [0.717, 1.165) is 37.7 Å². The van der Waals surface area contributed by atoms with Gasteiger partial charge in [0.1, 0.15) is 11.2 Å². The molecule has 0 bridgehead atoms. The molecule has 0 amide bonds. The van der Waals surface area contributed by atoms with Gasteiger partial charge in [-0.1, -0.05) is 23.7 Å². The van der Waals surface area contributed by atoms with Gasteiger partial charge in [0.25, 0.3) is 5.56 Å². The van der Waals surface area contributed by atoms with Gasteiger partial charge in [-0.15, -0.1) is 0 Å². The Hall–Kier alpha value is -4.02. The maximum absolute atomic E-state index is 13.4. The number of aromatic nitrogens is 6. The molecule has 11 heteroatoms. The van der Waals surface area contributed by atoms with Crippen molar-refractivity contribution in [2.75, 3.05) is 36.4 Å². The lowest BCUT2D eigenvalue weighted by Crippen LogP contribution is -2.43. The van der Waals surface area contributed by atoms with Crippen LogP contribution in [0.2, 0.25) is 5.02 Å². The van der Waals surface area contributed by atoms with E-state index in [-0.39, 0.29) is 5.56 Å². The molecular formula is C23H20ClN9O. The van der Waals surface area contributed by atoms with Gasteiger partial charge in [-0.2, -0.15) is 4.98 Å². The van der Waals surface area contributed by atoms with Crippen LogP contribution in [0.15, 0.2) is 66.0 Å². The predicted octanol–water partition coefficient (Wildman–Crippen LogP) is 2.63. The van der Waals surface area contributed by atoms with Crippen molar-refractivity contribution in [3.05, 3.63) is 76.6 Å². The number of hydrogen-bond acceptors (Lipinski definition) is 8. The number of anilines is 3. The second-order valence-corrected chi connectivity index (χ2v) is 8.29. The zero-order valence-corrected chi connectivity index (χ0v) is 18.8. The second kappa shape index (κ2) is 8.40. The zero-order valence-electron chi connectivity index (χ0n) is 18.0. The van der Waals surface area contributed by atoms with Crippen LogP contribution in [0.25, 0.3) is 22.5 Å². The summed E-state index contributed by atoms with van der Waals surface area (Å²) in [7, 11) is 0. The van der Waals surface area contributed by atoms with Crippen LogP contribution in [0.3, 0.4) is 0 Å². The number of nitrogens with one attached hydrogen (secondary N) is 2. The van der Waals surface area contributed by atoms with Crippen molar-refractivity contribution in [3.63, 3.8) is 0 Å². The molecule has 1 aliphatic rings. The molecule has 0 saturated carbocycles. The third-order valence-corrected chi connectivity index (χ3v) is 6.11. The highest BCUT2D eigenvalue weighted by atomic mass is 35.5. The number of benzene rings is 1. The second-order valence-electron chi connectivity index (χ2n) is 7.89. The van der Waals surface area contributed by atoms with Gasteiger partial charge in [0, 0.05) is 44.8 Å². The van der Waals surface area contributed by atoms with Crippen LogP contribution in [0.5, 0.6) is 0 Å². The predicted molar refractivity (Wildman–Crippen MR) is 131 cm³/mol. The monoisotopic (exact) mass is 473 g/mol. The van der Waals surface area contributed by atoms with E-state index in [1.54, 1.807) is 35.1 Å². The fourth-order valence-corrected chi connectivity index (χ4v) is 4.35. The number of fused-ring (bicyclic) bond motifs is 3. The first-order valence-corrected chi connectivity index (χ1v) is 11.3. The molecular weight excluding hydrogens is 454 g/mol. The Kier molecular flexibility index (Phi) is 5.08. The Bertz CT molecular complexity index is 1560. The lowest BCUT2D eigenvalue weighted by atomic mass is 10.3. The molecule has 1 aromatic carbocycles. The number of rotatable bonds is 4. The highest BCUT2D eigenvalue weighted by Crippen LogP contribution is 2.23. The van der Waals surface area contributed by atoms with E-state index in [0.29, 0.717) is 33.5 Å². The van der Waals surface area contributed by atoms with Gasteiger partial charge in [0.15, 0.2) is 5.65 Å². The summed E-state index contributed by atoms with van der Waals surface area (Å²) in [6, 6.07) is 11.1. The van der Waals surface area contributed by atoms with E-state index < -0.39 is 0 Å². The fourth-order valence-electron chi connectivity index (χ4n) is 4.13. The van der Waals surface area contributed by atoms with Crippen LogP contribution >= 0.6 is 11.6 Å². The molecule has 0 aliphatic carbocycles. The van der Waals surface area contributed by atoms with E-state index in [1.165, 1.54) is 10.8 Å². The first kappa shape index (κ1) is 20.6. The molecule has 0 radical (unpaired) electrons. The van der Waals surface area contributed by atoms with E-state index >= 15 is 0 Å². The average molecular weight is 474 g/mol. The fraction of sp³-hybridized carbons (Fsp3) is 0.174. The number of halogens is 1. The molecule has 34 heavy (non-hydrogen) atoms. The van der Waals surface area contributed by atoms with Crippen LogP contribution in [-0.4, -0.2) is 55.1 Å². The van der Waals surface area contributed by atoms with Crippen molar-refractivity contribution in [1.82, 2.24) is 34.2 Å².